The van der Waals surface area contributed by atoms with Crippen LogP contribution in [0.2, 0.25) is 0 Å². The number of aromatic carboxylic acids is 1. The second-order valence-electron chi connectivity index (χ2n) is 2.84. The lowest BCUT2D eigenvalue weighted by atomic mass is 10.3. The summed E-state index contributed by atoms with van der Waals surface area (Å²) >= 11 is 1.61. The Morgan fingerprint density at radius 3 is 3.00 bits per heavy atom. The lowest BCUT2D eigenvalue weighted by Crippen LogP contribution is -2.03. The van der Waals surface area contributed by atoms with E-state index in [1.807, 2.05) is 16.8 Å². The Labute approximate surface area is 84.4 Å². The summed E-state index contributed by atoms with van der Waals surface area (Å²) in [6.07, 6.45) is 1.67. The zero-order valence-corrected chi connectivity index (χ0v) is 8.07. The fourth-order valence-electron chi connectivity index (χ4n) is 1.13. The van der Waals surface area contributed by atoms with Gasteiger partial charge in [-0.15, -0.1) is 0 Å². The summed E-state index contributed by atoms with van der Waals surface area (Å²) in [5.41, 5.74) is 1.22. The third-order valence-electron chi connectivity index (χ3n) is 1.78. The van der Waals surface area contributed by atoms with Crippen LogP contribution in [0.4, 0.5) is 0 Å². The second kappa shape index (κ2) is 3.63. The van der Waals surface area contributed by atoms with Crippen molar-refractivity contribution in [2.45, 2.75) is 6.54 Å². The minimum atomic E-state index is -0.992. The van der Waals surface area contributed by atoms with Crippen molar-refractivity contribution in [2.24, 2.45) is 0 Å². The highest BCUT2D eigenvalue weighted by molar-refractivity contribution is 7.07. The summed E-state index contributed by atoms with van der Waals surface area (Å²) in [6, 6.07) is 3.49. The average molecular weight is 208 g/mol. The number of carboxylic acids is 1. The number of carboxylic acid groups (broad SMARTS) is 1. The van der Waals surface area contributed by atoms with Crippen LogP contribution in [0.25, 0.3) is 0 Å². The van der Waals surface area contributed by atoms with Gasteiger partial charge in [-0.2, -0.15) is 16.4 Å². The van der Waals surface area contributed by atoms with E-state index in [9.17, 15) is 4.79 Å². The van der Waals surface area contributed by atoms with Crippen LogP contribution in [-0.4, -0.2) is 20.9 Å². The van der Waals surface area contributed by atoms with E-state index in [4.69, 9.17) is 5.11 Å². The van der Waals surface area contributed by atoms with E-state index in [1.54, 1.807) is 22.2 Å². The van der Waals surface area contributed by atoms with Crippen LogP contribution < -0.4 is 0 Å². The maximum atomic E-state index is 10.5. The Balaban J connectivity index is 2.14. The molecule has 72 valence electrons. The molecule has 14 heavy (non-hydrogen) atoms. The standard InChI is InChI=1S/C9H8N2O2S/c12-9(13)8-1-3-11(10-8)5-7-2-4-14-6-7/h1-4,6H,5H2,(H,12,13). The molecule has 1 N–H and O–H groups in total. The Bertz CT molecular complexity index is 433. The topological polar surface area (TPSA) is 55.1 Å². The maximum Gasteiger partial charge on any atom is 0.356 e. The molecule has 0 fully saturated rings. The van der Waals surface area contributed by atoms with E-state index in [1.165, 1.54) is 6.07 Å². The Kier molecular flexibility index (Phi) is 2.32. The number of thiophene rings is 1. The average Bonchev–Trinajstić information content (AvgIpc) is 2.75. The highest BCUT2D eigenvalue weighted by atomic mass is 32.1. The molecule has 5 heteroatoms. The lowest BCUT2D eigenvalue weighted by molar-refractivity contribution is 0.0689. The van der Waals surface area contributed by atoms with Gasteiger partial charge in [0.15, 0.2) is 5.69 Å². The molecule has 0 unspecified atom stereocenters. The third-order valence-corrected chi connectivity index (χ3v) is 2.52. The number of aromatic nitrogens is 2. The van der Waals surface area contributed by atoms with E-state index >= 15 is 0 Å². The summed E-state index contributed by atoms with van der Waals surface area (Å²) in [5, 5.41) is 16.6. The van der Waals surface area contributed by atoms with E-state index in [0.29, 0.717) is 6.54 Å². The summed E-state index contributed by atoms with van der Waals surface area (Å²) in [5.74, 6) is -0.992. The van der Waals surface area contributed by atoms with Gasteiger partial charge < -0.3 is 5.11 Å². The minimum Gasteiger partial charge on any atom is -0.476 e. The van der Waals surface area contributed by atoms with Crippen LogP contribution in [0.1, 0.15) is 16.1 Å². The predicted molar refractivity (Wildman–Crippen MR) is 52.6 cm³/mol. The number of carbonyl (C=O) groups is 1. The number of hydrogen-bond donors (Lipinski definition) is 1. The first-order chi connectivity index (χ1) is 6.75. The quantitative estimate of drug-likeness (QED) is 0.835. The fraction of sp³-hybridized carbons (Fsp3) is 0.111. The van der Waals surface area contributed by atoms with Crippen LogP contribution in [-0.2, 0) is 6.54 Å². The molecule has 0 aromatic carbocycles. The molecule has 0 aliphatic carbocycles. The van der Waals surface area contributed by atoms with Gasteiger partial charge in [0.2, 0.25) is 0 Å². The molecule has 0 aliphatic rings. The predicted octanol–water partition coefficient (Wildman–Crippen LogP) is 1.69. The molecule has 0 spiro atoms. The molecule has 0 radical (unpaired) electrons. The third kappa shape index (κ3) is 1.82. The molecule has 0 amide bonds. The van der Waals surface area contributed by atoms with E-state index in [0.717, 1.165) is 5.56 Å². The summed E-state index contributed by atoms with van der Waals surface area (Å²) in [4.78, 5) is 10.5. The molecule has 0 aliphatic heterocycles. The van der Waals surface area contributed by atoms with Crippen LogP contribution in [0.3, 0.4) is 0 Å². The molecular formula is C9H8N2O2S. The number of rotatable bonds is 3. The van der Waals surface area contributed by atoms with Crippen molar-refractivity contribution in [3.63, 3.8) is 0 Å². The van der Waals surface area contributed by atoms with Crippen LogP contribution in [0, 0.1) is 0 Å². The molecule has 0 saturated carbocycles. The monoisotopic (exact) mass is 208 g/mol. The van der Waals surface area contributed by atoms with Crippen molar-refractivity contribution in [1.82, 2.24) is 9.78 Å². The van der Waals surface area contributed by atoms with Gasteiger partial charge in [0, 0.05) is 6.20 Å². The molecule has 2 aromatic heterocycles. The molecular weight excluding hydrogens is 200 g/mol. The van der Waals surface area contributed by atoms with Gasteiger partial charge in [-0.25, -0.2) is 4.79 Å². The zero-order valence-electron chi connectivity index (χ0n) is 7.25. The van der Waals surface area contributed by atoms with Crippen LogP contribution in [0.15, 0.2) is 29.1 Å². The van der Waals surface area contributed by atoms with Gasteiger partial charge in [-0.05, 0) is 28.5 Å². The molecule has 2 aromatic rings. The fourth-order valence-corrected chi connectivity index (χ4v) is 1.79. The number of hydrogen-bond acceptors (Lipinski definition) is 3. The lowest BCUT2D eigenvalue weighted by Gasteiger charge is -1.96. The van der Waals surface area contributed by atoms with Crippen molar-refractivity contribution >= 4 is 17.3 Å². The highest BCUT2D eigenvalue weighted by Crippen LogP contribution is 2.07. The first kappa shape index (κ1) is 8.96. The van der Waals surface area contributed by atoms with Crippen LogP contribution >= 0.6 is 11.3 Å². The minimum absolute atomic E-state index is 0.0835. The van der Waals surface area contributed by atoms with Crippen LogP contribution in [0.5, 0.6) is 0 Å². The van der Waals surface area contributed by atoms with E-state index in [-0.39, 0.29) is 5.69 Å². The number of nitrogens with zero attached hydrogens (tertiary/aromatic N) is 2. The van der Waals surface area contributed by atoms with E-state index in [2.05, 4.69) is 5.10 Å². The second-order valence-corrected chi connectivity index (χ2v) is 3.62. The summed E-state index contributed by atoms with van der Waals surface area (Å²) < 4.78 is 1.62. The highest BCUT2D eigenvalue weighted by Gasteiger charge is 2.06. The molecule has 0 bridgehead atoms. The van der Waals surface area contributed by atoms with Crippen molar-refractivity contribution in [3.8, 4) is 0 Å². The van der Waals surface area contributed by atoms with Crippen molar-refractivity contribution in [3.05, 3.63) is 40.3 Å². The van der Waals surface area contributed by atoms with Gasteiger partial charge in [-0.1, -0.05) is 0 Å². The summed E-state index contributed by atoms with van der Waals surface area (Å²) in [6.45, 7) is 0.622. The smallest absolute Gasteiger partial charge is 0.356 e. The zero-order chi connectivity index (χ0) is 9.97. The first-order valence-electron chi connectivity index (χ1n) is 4.03. The normalized spacial score (nSPS) is 10.3. The molecule has 0 atom stereocenters. The Morgan fingerprint density at radius 1 is 1.57 bits per heavy atom. The summed E-state index contributed by atoms with van der Waals surface area (Å²) in [7, 11) is 0. The first-order valence-corrected chi connectivity index (χ1v) is 4.98. The Morgan fingerprint density at radius 2 is 2.43 bits per heavy atom. The molecule has 4 nitrogen and oxygen atoms in total. The SMILES string of the molecule is O=C(O)c1ccn(Cc2ccsc2)n1. The Hall–Kier alpha value is -1.62. The van der Waals surface area contributed by atoms with Crippen molar-refractivity contribution < 1.29 is 9.90 Å². The van der Waals surface area contributed by atoms with Crippen molar-refractivity contribution in [1.29, 1.82) is 0 Å². The van der Waals surface area contributed by atoms with Gasteiger partial charge in [0.05, 0.1) is 6.54 Å². The molecule has 2 heterocycles. The van der Waals surface area contributed by atoms with Crippen molar-refractivity contribution in [2.75, 3.05) is 0 Å². The van der Waals surface area contributed by atoms with Gasteiger partial charge in [0.25, 0.3) is 0 Å². The van der Waals surface area contributed by atoms with Gasteiger partial charge in [0.1, 0.15) is 0 Å². The van der Waals surface area contributed by atoms with Gasteiger partial charge >= 0.3 is 5.97 Å². The van der Waals surface area contributed by atoms with Gasteiger partial charge in [-0.3, -0.25) is 4.68 Å². The molecule has 2 rings (SSSR count). The largest absolute Gasteiger partial charge is 0.476 e. The molecule has 0 saturated heterocycles. The van der Waals surface area contributed by atoms with E-state index < -0.39 is 5.97 Å². The maximum absolute atomic E-state index is 10.5.